The van der Waals surface area contributed by atoms with Crippen molar-refractivity contribution in [2.75, 3.05) is 32.9 Å². The van der Waals surface area contributed by atoms with Gasteiger partial charge in [-0.3, -0.25) is 9.89 Å². The minimum absolute atomic E-state index is 0.0375. The monoisotopic (exact) mass is 594 g/mol. The Labute approximate surface area is 246 Å². The number of aromatic nitrogens is 2. The van der Waals surface area contributed by atoms with E-state index >= 15 is 0 Å². The van der Waals surface area contributed by atoms with Crippen molar-refractivity contribution >= 4 is 5.91 Å². The minimum atomic E-state index is -1.55. The quantitative estimate of drug-likeness (QED) is 0.121. The SMILES string of the molecule is CC(C)c1[nH]nc(O[C@@H]2O[C@H](CO)[C@@H](O)[C@H](O)[C@H]2O)c1Cc1ccc(OCCCNC(C)(C)C(=O)NCCCO)cc1. The average Bonchev–Trinajstić information content (AvgIpc) is 3.36. The lowest BCUT2D eigenvalue weighted by atomic mass is 9.98. The molecule has 2 heterocycles. The fourth-order valence-corrected chi connectivity index (χ4v) is 4.53. The number of hydrogen-bond donors (Lipinski definition) is 8. The van der Waals surface area contributed by atoms with Crippen LogP contribution in [-0.4, -0.2) is 111 Å². The lowest BCUT2D eigenvalue weighted by Crippen LogP contribution is -2.60. The summed E-state index contributed by atoms with van der Waals surface area (Å²) in [7, 11) is 0. The van der Waals surface area contributed by atoms with Gasteiger partial charge in [-0.15, -0.1) is 5.10 Å². The van der Waals surface area contributed by atoms with E-state index in [1.165, 1.54) is 0 Å². The second-order valence-electron chi connectivity index (χ2n) is 11.3. The molecule has 42 heavy (non-hydrogen) atoms. The first-order valence-corrected chi connectivity index (χ1v) is 14.4. The van der Waals surface area contributed by atoms with Crippen molar-refractivity contribution in [3.05, 3.63) is 41.1 Å². The van der Waals surface area contributed by atoms with Crippen LogP contribution in [0, 0.1) is 0 Å². The van der Waals surface area contributed by atoms with Gasteiger partial charge in [0, 0.05) is 30.8 Å². The molecule has 0 spiro atoms. The number of aliphatic hydroxyl groups excluding tert-OH is 5. The summed E-state index contributed by atoms with van der Waals surface area (Å²) in [4.78, 5) is 12.3. The van der Waals surface area contributed by atoms with E-state index in [1.54, 1.807) is 0 Å². The number of ether oxygens (including phenoxy) is 3. The number of carbonyl (C=O) groups excluding carboxylic acids is 1. The van der Waals surface area contributed by atoms with Crippen LogP contribution in [0.15, 0.2) is 24.3 Å². The third-order valence-electron chi connectivity index (χ3n) is 7.16. The van der Waals surface area contributed by atoms with E-state index in [4.69, 9.17) is 19.3 Å². The Kier molecular flexibility index (Phi) is 12.5. The summed E-state index contributed by atoms with van der Waals surface area (Å²) >= 11 is 0. The lowest BCUT2D eigenvalue weighted by Gasteiger charge is -2.39. The van der Waals surface area contributed by atoms with E-state index < -0.39 is 42.9 Å². The van der Waals surface area contributed by atoms with Gasteiger partial charge in [0.05, 0.1) is 18.8 Å². The molecule has 3 rings (SSSR count). The molecule has 8 N–H and O–H groups in total. The molecule has 0 radical (unpaired) electrons. The number of nitrogens with zero attached hydrogens (tertiary/aromatic N) is 1. The van der Waals surface area contributed by atoms with Gasteiger partial charge in [-0.05, 0) is 56.8 Å². The first-order valence-electron chi connectivity index (χ1n) is 14.4. The maximum absolute atomic E-state index is 12.3. The molecule has 1 fully saturated rings. The molecular weight excluding hydrogens is 548 g/mol. The van der Waals surface area contributed by atoms with Gasteiger partial charge in [0.25, 0.3) is 0 Å². The molecule has 13 heteroatoms. The molecule has 236 valence electrons. The number of carbonyl (C=O) groups is 1. The highest BCUT2D eigenvalue weighted by Crippen LogP contribution is 2.31. The van der Waals surface area contributed by atoms with Crippen LogP contribution in [0.25, 0.3) is 0 Å². The Bertz CT molecular complexity index is 1110. The Balaban J connectivity index is 1.55. The van der Waals surface area contributed by atoms with Gasteiger partial charge in [0.2, 0.25) is 18.1 Å². The van der Waals surface area contributed by atoms with Crippen molar-refractivity contribution in [2.45, 2.75) is 89.1 Å². The molecular formula is C29H46N4O9. The average molecular weight is 595 g/mol. The van der Waals surface area contributed by atoms with Gasteiger partial charge < -0.3 is 50.4 Å². The lowest BCUT2D eigenvalue weighted by molar-refractivity contribution is -0.278. The molecule has 1 aromatic heterocycles. The van der Waals surface area contributed by atoms with Crippen LogP contribution in [0.4, 0.5) is 0 Å². The van der Waals surface area contributed by atoms with Gasteiger partial charge in [-0.1, -0.05) is 26.0 Å². The predicted molar refractivity (Wildman–Crippen MR) is 153 cm³/mol. The van der Waals surface area contributed by atoms with E-state index in [-0.39, 0.29) is 24.3 Å². The van der Waals surface area contributed by atoms with Crippen LogP contribution >= 0.6 is 0 Å². The van der Waals surface area contributed by atoms with E-state index in [1.807, 2.05) is 52.0 Å². The highest BCUT2D eigenvalue weighted by molar-refractivity contribution is 5.85. The number of rotatable bonds is 16. The van der Waals surface area contributed by atoms with Crippen molar-refractivity contribution in [2.24, 2.45) is 0 Å². The molecule has 0 unspecified atom stereocenters. The molecule has 0 aliphatic carbocycles. The standard InChI is InChI=1S/C29H46N4O9/c1-17(2)22-20(26(33-32-22)42-27-25(38)24(37)23(36)21(16-35)41-27)15-18-7-9-19(10-8-18)40-14-6-12-31-29(3,4)28(39)30-11-5-13-34/h7-10,17,21,23-25,27,31,34-38H,5-6,11-16H2,1-4H3,(H,30,39)(H,32,33)/t21-,23-,24+,25-,27+/m1/s1. The predicted octanol–water partition coefficient (Wildman–Crippen LogP) is -0.0617. The van der Waals surface area contributed by atoms with Gasteiger partial charge in [0.15, 0.2) is 0 Å². The van der Waals surface area contributed by atoms with E-state index in [9.17, 15) is 25.2 Å². The zero-order valence-electron chi connectivity index (χ0n) is 24.7. The van der Waals surface area contributed by atoms with E-state index in [0.717, 1.165) is 16.8 Å². The molecule has 0 saturated carbocycles. The fourth-order valence-electron chi connectivity index (χ4n) is 4.53. The molecule has 13 nitrogen and oxygen atoms in total. The number of aromatic amines is 1. The van der Waals surface area contributed by atoms with Gasteiger partial charge in [-0.2, -0.15) is 0 Å². The van der Waals surface area contributed by atoms with Crippen LogP contribution in [0.2, 0.25) is 0 Å². The van der Waals surface area contributed by atoms with Crippen molar-refractivity contribution in [3.8, 4) is 11.6 Å². The Morgan fingerprint density at radius 1 is 1.07 bits per heavy atom. The van der Waals surface area contributed by atoms with Crippen LogP contribution < -0.4 is 20.1 Å². The molecule has 5 atom stereocenters. The first-order chi connectivity index (χ1) is 20.0. The van der Waals surface area contributed by atoms with Crippen molar-refractivity contribution in [3.63, 3.8) is 0 Å². The summed E-state index contributed by atoms with van der Waals surface area (Å²) in [5.41, 5.74) is 1.82. The molecule has 0 bridgehead atoms. The van der Waals surface area contributed by atoms with E-state index in [0.29, 0.717) is 44.7 Å². The summed E-state index contributed by atoms with van der Waals surface area (Å²) in [6, 6.07) is 7.60. The van der Waals surface area contributed by atoms with Gasteiger partial charge >= 0.3 is 0 Å². The maximum atomic E-state index is 12.3. The summed E-state index contributed by atoms with van der Waals surface area (Å²) < 4.78 is 17.2. The molecule has 2 aromatic rings. The second-order valence-corrected chi connectivity index (χ2v) is 11.3. The Hall–Kier alpha value is -2.78. The summed E-state index contributed by atoms with van der Waals surface area (Å²) in [5, 5.41) is 62.2. The fraction of sp³-hybridized carbons (Fsp3) is 0.655. The number of nitrogens with one attached hydrogen (secondary N) is 3. The van der Waals surface area contributed by atoms with Gasteiger partial charge in [0.1, 0.15) is 30.2 Å². The van der Waals surface area contributed by atoms with Crippen molar-refractivity contribution < 1.29 is 44.5 Å². The zero-order chi connectivity index (χ0) is 30.9. The smallest absolute Gasteiger partial charge is 0.239 e. The molecule has 1 aromatic carbocycles. The summed E-state index contributed by atoms with van der Waals surface area (Å²) in [5.74, 6) is 0.870. The number of amides is 1. The Morgan fingerprint density at radius 2 is 1.79 bits per heavy atom. The number of hydrogen-bond acceptors (Lipinski definition) is 11. The molecule has 1 aliphatic rings. The largest absolute Gasteiger partial charge is 0.494 e. The number of H-pyrrole nitrogens is 1. The van der Waals surface area contributed by atoms with Gasteiger partial charge in [-0.25, -0.2) is 0 Å². The van der Waals surface area contributed by atoms with Crippen LogP contribution in [0.1, 0.15) is 63.3 Å². The minimum Gasteiger partial charge on any atom is -0.494 e. The van der Waals surface area contributed by atoms with E-state index in [2.05, 4.69) is 20.8 Å². The van der Waals surface area contributed by atoms with Crippen LogP contribution in [-0.2, 0) is 16.0 Å². The third-order valence-corrected chi connectivity index (χ3v) is 7.16. The van der Waals surface area contributed by atoms with Crippen molar-refractivity contribution in [1.82, 2.24) is 20.8 Å². The molecule has 1 saturated heterocycles. The van der Waals surface area contributed by atoms with Crippen molar-refractivity contribution in [1.29, 1.82) is 0 Å². The van der Waals surface area contributed by atoms with Crippen LogP contribution in [0.3, 0.4) is 0 Å². The Morgan fingerprint density at radius 3 is 2.43 bits per heavy atom. The summed E-state index contributed by atoms with van der Waals surface area (Å²) in [6.07, 6.45) is -5.32. The topological polar surface area (TPSA) is 199 Å². The number of benzene rings is 1. The highest BCUT2D eigenvalue weighted by Gasteiger charge is 2.45. The highest BCUT2D eigenvalue weighted by atomic mass is 16.7. The first kappa shape index (κ1) is 33.7. The molecule has 1 amide bonds. The molecule has 1 aliphatic heterocycles. The second kappa shape index (κ2) is 15.6. The zero-order valence-corrected chi connectivity index (χ0v) is 24.7. The normalized spacial score (nSPS) is 22.8. The van der Waals surface area contributed by atoms with Crippen LogP contribution in [0.5, 0.6) is 11.6 Å². The number of aliphatic hydroxyl groups is 5. The summed E-state index contributed by atoms with van der Waals surface area (Å²) in [6.45, 7) is 8.61. The maximum Gasteiger partial charge on any atom is 0.239 e. The third kappa shape index (κ3) is 8.86.